The second kappa shape index (κ2) is 7.64. The first-order valence-electron chi connectivity index (χ1n) is 8.95. The summed E-state index contributed by atoms with van der Waals surface area (Å²) in [4.78, 5) is 26.0. The SMILES string of the molecule is CC1=CC[C@H](/C(C)=N\NC(=O)c2cccc(N3CCCC3=O)c2)CC1. The zero-order chi connectivity index (χ0) is 17.8. The highest BCUT2D eigenvalue weighted by Crippen LogP contribution is 2.24. The summed E-state index contributed by atoms with van der Waals surface area (Å²) in [6, 6.07) is 7.18. The average Bonchev–Trinajstić information content (AvgIpc) is 3.06. The number of allylic oxidation sites excluding steroid dienone is 2. The molecule has 1 N–H and O–H groups in total. The number of hydrazone groups is 1. The highest BCUT2D eigenvalue weighted by Gasteiger charge is 2.22. The Hall–Kier alpha value is -2.43. The Morgan fingerprint density at radius 2 is 2.16 bits per heavy atom. The molecule has 0 radical (unpaired) electrons. The van der Waals surface area contributed by atoms with Gasteiger partial charge in [0, 0.05) is 35.8 Å². The first-order valence-corrected chi connectivity index (χ1v) is 8.95. The lowest BCUT2D eigenvalue weighted by molar-refractivity contribution is -0.117. The molecule has 1 aliphatic heterocycles. The number of nitrogens with zero attached hydrogens (tertiary/aromatic N) is 2. The Morgan fingerprint density at radius 1 is 1.32 bits per heavy atom. The molecule has 5 nitrogen and oxygen atoms in total. The van der Waals surface area contributed by atoms with Crippen molar-refractivity contribution in [1.82, 2.24) is 5.43 Å². The summed E-state index contributed by atoms with van der Waals surface area (Å²) in [6.45, 7) is 4.84. The molecule has 5 heteroatoms. The van der Waals surface area contributed by atoms with Gasteiger partial charge in [0.2, 0.25) is 5.91 Å². The number of benzene rings is 1. The Kier molecular flexibility index (Phi) is 5.31. The summed E-state index contributed by atoms with van der Waals surface area (Å²) >= 11 is 0. The van der Waals surface area contributed by atoms with Crippen LogP contribution in [0.5, 0.6) is 0 Å². The van der Waals surface area contributed by atoms with E-state index in [9.17, 15) is 9.59 Å². The van der Waals surface area contributed by atoms with Crippen LogP contribution in [0.1, 0.15) is 56.3 Å². The van der Waals surface area contributed by atoms with E-state index in [2.05, 4.69) is 23.5 Å². The molecule has 1 aliphatic carbocycles. The standard InChI is InChI=1S/C20H25N3O2/c1-14-8-10-16(11-9-14)15(2)21-22-20(25)17-5-3-6-18(13-17)23-12-4-7-19(23)24/h3,5-6,8,13,16H,4,7,9-12H2,1-2H3,(H,22,25)/b21-15-/t16-/m0/s1. The molecule has 3 rings (SSSR count). The first kappa shape index (κ1) is 17.4. The van der Waals surface area contributed by atoms with Crippen molar-refractivity contribution >= 4 is 23.2 Å². The van der Waals surface area contributed by atoms with Crippen LogP contribution in [0.25, 0.3) is 0 Å². The van der Waals surface area contributed by atoms with E-state index in [4.69, 9.17) is 0 Å². The van der Waals surface area contributed by atoms with Crippen LogP contribution in [0.4, 0.5) is 5.69 Å². The Morgan fingerprint density at radius 3 is 2.84 bits per heavy atom. The number of rotatable bonds is 4. The number of carbonyl (C=O) groups excluding carboxylic acids is 2. The van der Waals surface area contributed by atoms with Crippen LogP contribution in [-0.2, 0) is 4.79 Å². The molecule has 1 fully saturated rings. The van der Waals surface area contributed by atoms with Gasteiger partial charge < -0.3 is 4.90 Å². The van der Waals surface area contributed by atoms with Crippen molar-refractivity contribution in [3.8, 4) is 0 Å². The van der Waals surface area contributed by atoms with Gasteiger partial charge >= 0.3 is 0 Å². The molecule has 25 heavy (non-hydrogen) atoms. The number of hydrogen-bond donors (Lipinski definition) is 1. The Balaban J connectivity index is 1.65. The highest BCUT2D eigenvalue weighted by molar-refractivity contribution is 5.99. The van der Waals surface area contributed by atoms with Gasteiger partial charge in [0.25, 0.3) is 5.91 Å². The Bertz CT molecular complexity index is 736. The predicted molar refractivity (Wildman–Crippen MR) is 99.7 cm³/mol. The summed E-state index contributed by atoms with van der Waals surface area (Å²) in [7, 11) is 0. The molecule has 1 heterocycles. The molecule has 1 saturated heterocycles. The summed E-state index contributed by atoms with van der Waals surface area (Å²) in [5, 5.41) is 4.30. The van der Waals surface area contributed by atoms with Crippen molar-refractivity contribution in [3.63, 3.8) is 0 Å². The van der Waals surface area contributed by atoms with Crippen molar-refractivity contribution in [2.45, 2.75) is 46.0 Å². The smallest absolute Gasteiger partial charge is 0.271 e. The number of amides is 2. The van der Waals surface area contributed by atoms with Gasteiger partial charge in [-0.2, -0.15) is 5.10 Å². The number of hydrogen-bond acceptors (Lipinski definition) is 3. The van der Waals surface area contributed by atoms with Crippen LogP contribution < -0.4 is 10.3 Å². The fourth-order valence-corrected chi connectivity index (χ4v) is 3.38. The normalized spacial score (nSPS) is 21.3. The van der Waals surface area contributed by atoms with E-state index in [0.717, 1.165) is 43.6 Å². The maximum Gasteiger partial charge on any atom is 0.271 e. The molecule has 2 amide bonds. The van der Waals surface area contributed by atoms with Gasteiger partial charge in [0.1, 0.15) is 0 Å². The van der Waals surface area contributed by atoms with Gasteiger partial charge in [-0.3, -0.25) is 9.59 Å². The van der Waals surface area contributed by atoms with E-state index in [1.54, 1.807) is 23.1 Å². The fraction of sp³-hybridized carbons (Fsp3) is 0.450. The second-order valence-corrected chi connectivity index (χ2v) is 6.92. The van der Waals surface area contributed by atoms with Crippen LogP contribution in [-0.4, -0.2) is 24.1 Å². The monoisotopic (exact) mass is 339 g/mol. The van der Waals surface area contributed by atoms with E-state index >= 15 is 0 Å². The molecule has 2 aliphatic rings. The predicted octanol–water partition coefficient (Wildman–Crippen LogP) is 3.67. The molecule has 0 spiro atoms. The summed E-state index contributed by atoms with van der Waals surface area (Å²) < 4.78 is 0. The van der Waals surface area contributed by atoms with Crippen LogP contribution >= 0.6 is 0 Å². The number of anilines is 1. The molecular formula is C20H25N3O2. The molecule has 1 aromatic rings. The summed E-state index contributed by atoms with van der Waals surface area (Å²) in [5.74, 6) is 0.278. The van der Waals surface area contributed by atoms with Crippen LogP contribution in [0.15, 0.2) is 41.0 Å². The van der Waals surface area contributed by atoms with Crippen LogP contribution in [0.3, 0.4) is 0 Å². The fourth-order valence-electron chi connectivity index (χ4n) is 3.38. The van der Waals surface area contributed by atoms with E-state index in [1.165, 1.54) is 5.57 Å². The van der Waals surface area contributed by atoms with Crippen molar-refractivity contribution < 1.29 is 9.59 Å². The molecular weight excluding hydrogens is 314 g/mol. The van der Waals surface area contributed by atoms with Gasteiger partial charge in [-0.25, -0.2) is 5.43 Å². The minimum absolute atomic E-state index is 0.118. The van der Waals surface area contributed by atoms with Gasteiger partial charge in [-0.1, -0.05) is 17.7 Å². The Labute approximate surface area is 148 Å². The molecule has 0 aromatic heterocycles. The molecule has 1 atom stereocenters. The number of nitrogens with one attached hydrogen (secondary N) is 1. The van der Waals surface area contributed by atoms with Crippen molar-refractivity contribution in [3.05, 3.63) is 41.5 Å². The van der Waals surface area contributed by atoms with E-state index in [1.807, 2.05) is 13.0 Å². The maximum absolute atomic E-state index is 12.4. The minimum Gasteiger partial charge on any atom is -0.312 e. The van der Waals surface area contributed by atoms with Crippen LogP contribution in [0.2, 0.25) is 0 Å². The third-order valence-electron chi connectivity index (χ3n) is 5.06. The highest BCUT2D eigenvalue weighted by atomic mass is 16.2. The van der Waals surface area contributed by atoms with Gasteiger partial charge in [-0.05, 0) is 57.7 Å². The largest absolute Gasteiger partial charge is 0.312 e. The van der Waals surface area contributed by atoms with E-state index in [0.29, 0.717) is 17.9 Å². The molecule has 0 bridgehead atoms. The van der Waals surface area contributed by atoms with Crippen molar-refractivity contribution in [2.75, 3.05) is 11.4 Å². The van der Waals surface area contributed by atoms with Gasteiger partial charge in [0.15, 0.2) is 0 Å². The quantitative estimate of drug-likeness (QED) is 0.517. The van der Waals surface area contributed by atoms with E-state index < -0.39 is 0 Å². The lowest BCUT2D eigenvalue weighted by Crippen LogP contribution is -2.25. The lowest BCUT2D eigenvalue weighted by atomic mass is 9.87. The average molecular weight is 339 g/mol. The van der Waals surface area contributed by atoms with E-state index in [-0.39, 0.29) is 11.8 Å². The first-order chi connectivity index (χ1) is 12.0. The van der Waals surface area contributed by atoms with Crippen molar-refractivity contribution in [2.24, 2.45) is 11.0 Å². The molecule has 1 aromatic carbocycles. The topological polar surface area (TPSA) is 61.8 Å². The minimum atomic E-state index is -0.240. The summed E-state index contributed by atoms with van der Waals surface area (Å²) in [6.07, 6.45) is 6.87. The van der Waals surface area contributed by atoms with Gasteiger partial charge in [-0.15, -0.1) is 0 Å². The third kappa shape index (κ3) is 4.16. The number of carbonyl (C=O) groups is 2. The zero-order valence-corrected chi connectivity index (χ0v) is 14.9. The third-order valence-corrected chi connectivity index (χ3v) is 5.06. The maximum atomic E-state index is 12.4. The second-order valence-electron chi connectivity index (χ2n) is 6.92. The zero-order valence-electron chi connectivity index (χ0n) is 14.9. The van der Waals surface area contributed by atoms with Crippen molar-refractivity contribution in [1.29, 1.82) is 0 Å². The van der Waals surface area contributed by atoms with Gasteiger partial charge in [0.05, 0.1) is 0 Å². The lowest BCUT2D eigenvalue weighted by Gasteiger charge is -2.20. The molecule has 0 saturated carbocycles. The van der Waals surface area contributed by atoms with Crippen LogP contribution in [0, 0.1) is 5.92 Å². The summed E-state index contributed by atoms with van der Waals surface area (Å²) in [5.41, 5.74) is 6.36. The molecule has 132 valence electrons. The molecule has 0 unspecified atom stereocenters.